The Morgan fingerprint density at radius 2 is 1.33 bits per heavy atom. The molecule has 0 aromatic heterocycles. The summed E-state index contributed by atoms with van der Waals surface area (Å²) in [7, 11) is 0. The first-order valence-corrected chi connectivity index (χ1v) is 8.00. The third-order valence-electron chi connectivity index (χ3n) is 3.30. The van der Waals surface area contributed by atoms with Gasteiger partial charge in [0.05, 0.1) is 0 Å². The first kappa shape index (κ1) is 17.4. The fourth-order valence-electron chi connectivity index (χ4n) is 2.07. The quantitative estimate of drug-likeness (QED) is 0.297. The van der Waals surface area contributed by atoms with Crippen molar-refractivity contribution in [3.05, 3.63) is 12.2 Å². The van der Waals surface area contributed by atoms with Crippen LogP contribution in [0.1, 0.15) is 90.9 Å². The van der Waals surface area contributed by atoms with E-state index >= 15 is 0 Å². The summed E-state index contributed by atoms with van der Waals surface area (Å²) in [6, 6.07) is 0. The molecule has 0 radical (unpaired) electrons. The molecule has 0 aliphatic heterocycles. The smallest absolute Gasteiger partial charge is 0.155 e. The van der Waals surface area contributed by atoms with Crippen LogP contribution in [0.4, 0.5) is 0 Å². The average molecular weight is 252 g/mol. The Labute approximate surface area is 114 Å². The third kappa shape index (κ3) is 13.5. The molecule has 0 bridgehead atoms. The van der Waals surface area contributed by atoms with Crippen LogP contribution in [0.25, 0.3) is 0 Å². The van der Waals surface area contributed by atoms with Gasteiger partial charge < -0.3 is 0 Å². The molecule has 0 fully saturated rings. The predicted molar refractivity (Wildman–Crippen MR) is 80.9 cm³/mol. The predicted octanol–water partition coefficient (Wildman–Crippen LogP) is 5.83. The maximum absolute atomic E-state index is 11.5. The number of allylic oxidation sites excluding steroid dienone is 2. The van der Waals surface area contributed by atoms with E-state index in [9.17, 15) is 4.79 Å². The molecule has 0 unspecified atom stereocenters. The van der Waals surface area contributed by atoms with Crippen LogP contribution in [0.2, 0.25) is 0 Å². The topological polar surface area (TPSA) is 17.1 Å². The van der Waals surface area contributed by atoms with Gasteiger partial charge in [0, 0.05) is 6.42 Å². The van der Waals surface area contributed by atoms with Gasteiger partial charge in [-0.3, -0.25) is 4.79 Å². The lowest BCUT2D eigenvalue weighted by Crippen LogP contribution is -1.92. The highest BCUT2D eigenvalue weighted by molar-refractivity contribution is 5.89. The van der Waals surface area contributed by atoms with E-state index in [0.29, 0.717) is 5.78 Å². The van der Waals surface area contributed by atoms with Crippen LogP contribution in [0.5, 0.6) is 0 Å². The normalized spacial score (nSPS) is 11.2. The summed E-state index contributed by atoms with van der Waals surface area (Å²) in [6.45, 7) is 4.44. The maximum Gasteiger partial charge on any atom is 0.155 e. The van der Waals surface area contributed by atoms with Crippen molar-refractivity contribution in [3.8, 4) is 0 Å². The lowest BCUT2D eigenvalue weighted by molar-refractivity contribution is -0.114. The number of ketones is 1. The summed E-state index contributed by atoms with van der Waals surface area (Å²) < 4.78 is 0. The summed E-state index contributed by atoms with van der Waals surface area (Å²) in [5, 5.41) is 0. The van der Waals surface area contributed by atoms with Crippen molar-refractivity contribution in [1.29, 1.82) is 0 Å². The molecule has 1 heteroatoms. The number of unbranched alkanes of at least 4 members (excludes halogenated alkanes) is 9. The van der Waals surface area contributed by atoms with E-state index in [0.717, 1.165) is 19.3 Å². The molecule has 0 saturated carbocycles. The lowest BCUT2D eigenvalue weighted by atomic mass is 10.1. The number of rotatable bonds is 13. The van der Waals surface area contributed by atoms with Crippen LogP contribution in [0.3, 0.4) is 0 Å². The van der Waals surface area contributed by atoms with Crippen LogP contribution < -0.4 is 0 Å². The van der Waals surface area contributed by atoms with Gasteiger partial charge in [0.1, 0.15) is 0 Å². The summed E-state index contributed by atoms with van der Waals surface area (Å²) in [5.74, 6) is 0.317. The first-order valence-electron chi connectivity index (χ1n) is 8.00. The van der Waals surface area contributed by atoms with Crippen LogP contribution in [-0.4, -0.2) is 5.78 Å². The van der Waals surface area contributed by atoms with E-state index in [1.807, 2.05) is 0 Å². The summed E-state index contributed by atoms with van der Waals surface area (Å²) in [6.07, 6.45) is 18.4. The van der Waals surface area contributed by atoms with Gasteiger partial charge in [-0.2, -0.15) is 0 Å². The monoisotopic (exact) mass is 252 g/mol. The highest BCUT2D eigenvalue weighted by Crippen LogP contribution is 2.08. The Kier molecular flexibility index (Phi) is 14.0. The van der Waals surface area contributed by atoms with Gasteiger partial charge >= 0.3 is 0 Å². The molecule has 0 aromatic carbocycles. The van der Waals surface area contributed by atoms with Crippen molar-refractivity contribution < 1.29 is 4.79 Å². The first-order chi connectivity index (χ1) is 8.81. The molecule has 0 atom stereocenters. The minimum atomic E-state index is 0.317. The van der Waals surface area contributed by atoms with Crippen molar-refractivity contribution in [2.75, 3.05) is 0 Å². The minimum Gasteiger partial charge on any atom is -0.295 e. The van der Waals surface area contributed by atoms with E-state index in [1.54, 1.807) is 6.08 Å². The molecule has 0 spiro atoms. The summed E-state index contributed by atoms with van der Waals surface area (Å²) in [4.78, 5) is 11.5. The third-order valence-corrected chi connectivity index (χ3v) is 3.30. The van der Waals surface area contributed by atoms with Crippen LogP contribution >= 0.6 is 0 Å². The van der Waals surface area contributed by atoms with Gasteiger partial charge in [0.25, 0.3) is 0 Å². The molecule has 0 aliphatic rings. The largest absolute Gasteiger partial charge is 0.295 e. The fraction of sp³-hybridized carbons (Fsp3) is 0.824. The molecule has 0 amide bonds. The Balaban J connectivity index is 3.27. The van der Waals surface area contributed by atoms with Crippen molar-refractivity contribution in [1.82, 2.24) is 0 Å². The maximum atomic E-state index is 11.5. The molecule has 0 heterocycles. The zero-order valence-corrected chi connectivity index (χ0v) is 12.5. The molecular formula is C17H32O. The van der Waals surface area contributed by atoms with Crippen molar-refractivity contribution in [2.24, 2.45) is 0 Å². The van der Waals surface area contributed by atoms with E-state index in [4.69, 9.17) is 0 Å². The van der Waals surface area contributed by atoms with Gasteiger partial charge in [0.15, 0.2) is 5.78 Å². The fourth-order valence-corrected chi connectivity index (χ4v) is 2.07. The molecule has 1 nitrogen and oxygen atoms in total. The van der Waals surface area contributed by atoms with Crippen molar-refractivity contribution in [2.45, 2.75) is 90.9 Å². The highest BCUT2D eigenvalue weighted by Gasteiger charge is 1.96. The molecule has 0 aliphatic carbocycles. The molecule has 0 N–H and O–H groups in total. The van der Waals surface area contributed by atoms with E-state index in [1.165, 1.54) is 57.8 Å². The van der Waals surface area contributed by atoms with Gasteiger partial charge in [-0.05, 0) is 25.3 Å². The number of hydrogen-bond acceptors (Lipinski definition) is 1. The number of hydrogen-bond donors (Lipinski definition) is 0. The molecule has 18 heavy (non-hydrogen) atoms. The minimum absolute atomic E-state index is 0.317. The Morgan fingerprint density at radius 1 is 0.778 bits per heavy atom. The van der Waals surface area contributed by atoms with Crippen LogP contribution in [0, 0.1) is 0 Å². The van der Waals surface area contributed by atoms with E-state index in [-0.39, 0.29) is 0 Å². The zero-order valence-electron chi connectivity index (χ0n) is 12.5. The second kappa shape index (κ2) is 14.5. The molecule has 0 aromatic rings. The van der Waals surface area contributed by atoms with E-state index < -0.39 is 0 Å². The van der Waals surface area contributed by atoms with Gasteiger partial charge in [0.2, 0.25) is 0 Å². The standard InChI is InChI=1S/C17H32O/c1-3-5-7-9-10-11-12-14-16-17(18)15-13-8-6-4-2/h14,16H,3-13,15H2,1-2H3/b16-14+. The second-order valence-electron chi connectivity index (χ2n) is 5.24. The lowest BCUT2D eigenvalue weighted by Gasteiger charge is -1.98. The molecular weight excluding hydrogens is 220 g/mol. The van der Waals surface area contributed by atoms with Gasteiger partial charge in [-0.15, -0.1) is 0 Å². The summed E-state index contributed by atoms with van der Waals surface area (Å²) in [5.41, 5.74) is 0. The van der Waals surface area contributed by atoms with Gasteiger partial charge in [-0.25, -0.2) is 0 Å². The highest BCUT2D eigenvalue weighted by atomic mass is 16.1. The van der Waals surface area contributed by atoms with Gasteiger partial charge in [-0.1, -0.05) is 71.3 Å². The zero-order chi connectivity index (χ0) is 13.5. The van der Waals surface area contributed by atoms with Crippen LogP contribution in [0.15, 0.2) is 12.2 Å². The molecule has 0 rings (SSSR count). The van der Waals surface area contributed by atoms with E-state index in [2.05, 4.69) is 19.9 Å². The SMILES string of the molecule is CCCCCCCC/C=C/C(=O)CCCCCC. The second-order valence-corrected chi connectivity index (χ2v) is 5.24. The Morgan fingerprint density at radius 3 is 2.00 bits per heavy atom. The number of carbonyl (C=O) groups is 1. The van der Waals surface area contributed by atoms with Crippen molar-refractivity contribution in [3.63, 3.8) is 0 Å². The molecule has 106 valence electrons. The number of carbonyl (C=O) groups excluding carboxylic acids is 1. The molecule has 0 saturated heterocycles. The Bertz CT molecular complexity index is 206. The Hall–Kier alpha value is -0.590. The average Bonchev–Trinajstić information content (AvgIpc) is 2.38. The van der Waals surface area contributed by atoms with Crippen molar-refractivity contribution >= 4 is 5.78 Å². The van der Waals surface area contributed by atoms with Crippen LogP contribution in [-0.2, 0) is 4.79 Å². The summed E-state index contributed by atoms with van der Waals surface area (Å²) >= 11 is 0.